The Balaban J connectivity index is 1.87. The number of fused-ring (bicyclic) bond motifs is 1. The maximum absolute atomic E-state index is 6.27. The number of amidine groups is 1. The third kappa shape index (κ3) is 3.16. The summed E-state index contributed by atoms with van der Waals surface area (Å²) in [4.78, 5) is 9.43. The Morgan fingerprint density at radius 2 is 1.20 bits per heavy atom. The molecule has 3 aromatic carbocycles. The summed E-state index contributed by atoms with van der Waals surface area (Å²) in [6.07, 6.45) is 0. The molecule has 1 heterocycles. The number of anilines is 1. The zero-order valence-electron chi connectivity index (χ0n) is 13.1. The van der Waals surface area contributed by atoms with E-state index in [0.29, 0.717) is 27.3 Å². The van der Waals surface area contributed by atoms with Gasteiger partial charge in [0.15, 0.2) is 5.84 Å². The van der Waals surface area contributed by atoms with Crippen LogP contribution in [0.1, 0.15) is 5.56 Å². The SMILES string of the molecule is Clc1ccccc1N=C1Nc2ccccc2C1=Nc1ccccc1Cl. The summed E-state index contributed by atoms with van der Waals surface area (Å²) < 4.78 is 0. The van der Waals surface area contributed by atoms with Gasteiger partial charge in [-0.2, -0.15) is 0 Å². The van der Waals surface area contributed by atoms with Crippen molar-refractivity contribution in [3.8, 4) is 0 Å². The number of para-hydroxylation sites is 3. The van der Waals surface area contributed by atoms with E-state index in [1.165, 1.54) is 0 Å². The van der Waals surface area contributed by atoms with Gasteiger partial charge < -0.3 is 5.32 Å². The molecule has 4 rings (SSSR count). The molecule has 0 amide bonds. The van der Waals surface area contributed by atoms with Gasteiger partial charge in [0.25, 0.3) is 0 Å². The lowest BCUT2D eigenvalue weighted by Gasteiger charge is -2.04. The first-order valence-electron chi connectivity index (χ1n) is 7.75. The highest BCUT2D eigenvalue weighted by Crippen LogP contribution is 2.31. The van der Waals surface area contributed by atoms with Crippen molar-refractivity contribution < 1.29 is 0 Å². The number of rotatable bonds is 2. The van der Waals surface area contributed by atoms with Gasteiger partial charge in [-0.15, -0.1) is 0 Å². The Hall–Kier alpha value is -2.62. The fourth-order valence-corrected chi connectivity index (χ4v) is 2.99. The van der Waals surface area contributed by atoms with Gasteiger partial charge in [0.2, 0.25) is 0 Å². The largest absolute Gasteiger partial charge is 0.338 e. The van der Waals surface area contributed by atoms with Crippen LogP contribution in [0.25, 0.3) is 0 Å². The van der Waals surface area contributed by atoms with Gasteiger partial charge in [-0.1, -0.05) is 65.7 Å². The van der Waals surface area contributed by atoms with Crippen molar-refractivity contribution in [1.82, 2.24) is 0 Å². The summed E-state index contributed by atoms with van der Waals surface area (Å²) in [5, 5.41) is 4.50. The summed E-state index contributed by atoms with van der Waals surface area (Å²) in [6.45, 7) is 0. The van der Waals surface area contributed by atoms with Crippen LogP contribution in [0.2, 0.25) is 10.0 Å². The molecule has 3 aromatic rings. The highest BCUT2D eigenvalue weighted by Gasteiger charge is 2.24. The lowest BCUT2D eigenvalue weighted by atomic mass is 10.1. The molecule has 0 aliphatic carbocycles. The van der Waals surface area contributed by atoms with Crippen molar-refractivity contribution in [2.45, 2.75) is 0 Å². The Labute approximate surface area is 155 Å². The van der Waals surface area contributed by atoms with Crippen molar-refractivity contribution in [3.05, 3.63) is 88.4 Å². The monoisotopic (exact) mass is 365 g/mol. The van der Waals surface area contributed by atoms with E-state index in [4.69, 9.17) is 28.2 Å². The second kappa shape index (κ2) is 6.71. The van der Waals surface area contributed by atoms with Gasteiger partial charge in [-0.25, -0.2) is 9.98 Å². The number of halogens is 2. The molecule has 1 N–H and O–H groups in total. The Kier molecular flexibility index (Phi) is 4.26. The Bertz CT molecular complexity index is 1010. The van der Waals surface area contributed by atoms with Crippen LogP contribution in [0.5, 0.6) is 0 Å². The van der Waals surface area contributed by atoms with Crippen LogP contribution in [-0.4, -0.2) is 11.5 Å². The van der Waals surface area contributed by atoms with Crippen LogP contribution in [0.15, 0.2) is 82.8 Å². The van der Waals surface area contributed by atoms with E-state index >= 15 is 0 Å². The summed E-state index contributed by atoms with van der Waals surface area (Å²) in [7, 11) is 0. The average Bonchev–Trinajstić information content (AvgIpc) is 2.96. The molecule has 0 saturated carbocycles. The van der Waals surface area contributed by atoms with E-state index in [1.807, 2.05) is 72.8 Å². The molecule has 5 heteroatoms. The van der Waals surface area contributed by atoms with Crippen molar-refractivity contribution >= 4 is 51.8 Å². The minimum absolute atomic E-state index is 0.588. The first kappa shape index (κ1) is 15.9. The molecule has 122 valence electrons. The molecular weight excluding hydrogens is 353 g/mol. The van der Waals surface area contributed by atoms with Gasteiger partial charge in [0.1, 0.15) is 5.71 Å². The van der Waals surface area contributed by atoms with E-state index in [2.05, 4.69) is 10.3 Å². The molecule has 0 atom stereocenters. The van der Waals surface area contributed by atoms with Crippen molar-refractivity contribution in [3.63, 3.8) is 0 Å². The first-order valence-corrected chi connectivity index (χ1v) is 8.51. The molecule has 3 nitrogen and oxygen atoms in total. The van der Waals surface area contributed by atoms with Crippen LogP contribution >= 0.6 is 23.2 Å². The quantitative estimate of drug-likeness (QED) is 0.570. The molecule has 0 fully saturated rings. The number of nitrogens with zero attached hydrogens (tertiary/aromatic N) is 2. The summed E-state index contributed by atoms with van der Waals surface area (Å²) >= 11 is 12.5. The second-order valence-electron chi connectivity index (χ2n) is 5.49. The molecule has 0 saturated heterocycles. The van der Waals surface area contributed by atoms with E-state index in [1.54, 1.807) is 0 Å². The minimum Gasteiger partial charge on any atom is -0.338 e. The predicted octanol–water partition coefficient (Wildman–Crippen LogP) is 6.27. The zero-order chi connectivity index (χ0) is 17.2. The van der Waals surface area contributed by atoms with Crippen molar-refractivity contribution in [2.24, 2.45) is 9.98 Å². The Morgan fingerprint density at radius 3 is 1.88 bits per heavy atom. The van der Waals surface area contributed by atoms with E-state index < -0.39 is 0 Å². The van der Waals surface area contributed by atoms with Crippen molar-refractivity contribution in [1.29, 1.82) is 0 Å². The second-order valence-corrected chi connectivity index (χ2v) is 6.31. The van der Waals surface area contributed by atoms with E-state index in [-0.39, 0.29) is 0 Å². The molecule has 1 aliphatic rings. The van der Waals surface area contributed by atoms with E-state index in [0.717, 1.165) is 17.0 Å². The van der Waals surface area contributed by atoms with Crippen LogP contribution in [0.3, 0.4) is 0 Å². The molecule has 0 aromatic heterocycles. The predicted molar refractivity (Wildman–Crippen MR) is 106 cm³/mol. The average molecular weight is 366 g/mol. The molecule has 0 unspecified atom stereocenters. The summed E-state index contributed by atoms with van der Waals surface area (Å²) in [5.41, 5.74) is 4.06. The minimum atomic E-state index is 0.588. The molecular formula is C20H13Cl2N3. The Morgan fingerprint density at radius 1 is 0.640 bits per heavy atom. The van der Waals surface area contributed by atoms with Gasteiger partial charge in [-0.05, 0) is 30.3 Å². The lowest BCUT2D eigenvalue weighted by molar-refractivity contribution is 1.50. The molecule has 0 radical (unpaired) electrons. The molecule has 0 bridgehead atoms. The van der Waals surface area contributed by atoms with E-state index in [9.17, 15) is 0 Å². The van der Waals surface area contributed by atoms with Crippen molar-refractivity contribution in [2.75, 3.05) is 5.32 Å². The fourth-order valence-electron chi connectivity index (χ4n) is 2.63. The van der Waals surface area contributed by atoms with Gasteiger partial charge >= 0.3 is 0 Å². The molecule has 1 aliphatic heterocycles. The van der Waals surface area contributed by atoms with Gasteiger partial charge in [-0.3, -0.25) is 0 Å². The first-order chi connectivity index (χ1) is 12.2. The highest BCUT2D eigenvalue weighted by molar-refractivity contribution is 6.56. The van der Waals surface area contributed by atoms with Crippen LogP contribution in [0.4, 0.5) is 17.1 Å². The zero-order valence-corrected chi connectivity index (χ0v) is 14.6. The standard InChI is InChI=1S/C20H13Cl2N3/c21-14-8-2-5-11-17(14)23-19-13-7-1-4-10-16(13)24-20(19)25-18-12-6-3-9-15(18)22/h1-12H,(H,23,24,25). The van der Waals surface area contributed by atoms with Gasteiger partial charge in [0.05, 0.1) is 21.4 Å². The van der Waals surface area contributed by atoms with Crippen LogP contribution in [0, 0.1) is 0 Å². The maximum Gasteiger partial charge on any atom is 0.157 e. The summed E-state index contributed by atoms with van der Waals surface area (Å²) in [6, 6.07) is 22.9. The number of aliphatic imine (C=N–C) groups is 2. The third-order valence-corrected chi connectivity index (χ3v) is 4.47. The van der Waals surface area contributed by atoms with Crippen LogP contribution in [-0.2, 0) is 0 Å². The molecule has 25 heavy (non-hydrogen) atoms. The smallest absolute Gasteiger partial charge is 0.157 e. The highest BCUT2D eigenvalue weighted by atomic mass is 35.5. The number of hydrogen-bond acceptors (Lipinski definition) is 2. The maximum atomic E-state index is 6.27. The normalized spacial score (nSPS) is 16.1. The summed E-state index contributed by atoms with van der Waals surface area (Å²) in [5.74, 6) is 0.647. The topological polar surface area (TPSA) is 36.8 Å². The van der Waals surface area contributed by atoms with Gasteiger partial charge in [0, 0.05) is 11.3 Å². The van der Waals surface area contributed by atoms with Crippen LogP contribution < -0.4 is 5.32 Å². The molecule has 0 spiro atoms. The third-order valence-electron chi connectivity index (χ3n) is 3.83. The lowest BCUT2D eigenvalue weighted by Crippen LogP contribution is -2.14. The fraction of sp³-hybridized carbons (Fsp3) is 0. The number of benzene rings is 3. The number of nitrogens with one attached hydrogen (secondary N) is 1. The number of hydrogen-bond donors (Lipinski definition) is 1.